The van der Waals surface area contributed by atoms with Crippen LogP contribution in [0.1, 0.15) is 112 Å². The second kappa shape index (κ2) is 7.98. The lowest BCUT2D eigenvalue weighted by atomic mass is 9.43. The number of carbonyl (C=O) groups is 1. The maximum atomic E-state index is 12.4. The lowest BCUT2D eigenvalue weighted by molar-refractivity contribution is -0.150. The third kappa shape index (κ3) is 3.55. The topological polar surface area (TPSA) is 17.1 Å². The normalized spacial score (nSPS) is 48.2. The van der Waals surface area contributed by atoms with Gasteiger partial charge >= 0.3 is 0 Å². The van der Waals surface area contributed by atoms with E-state index in [2.05, 4.69) is 41.5 Å². The maximum absolute atomic E-state index is 12.4. The fourth-order valence-electron chi connectivity index (χ4n) is 9.55. The zero-order chi connectivity index (χ0) is 21.0. The van der Waals surface area contributed by atoms with E-state index in [9.17, 15) is 4.79 Å². The van der Waals surface area contributed by atoms with Gasteiger partial charge in [-0.2, -0.15) is 0 Å². The van der Waals surface area contributed by atoms with E-state index in [0.29, 0.717) is 28.4 Å². The Hall–Kier alpha value is -0.330. The first-order chi connectivity index (χ1) is 13.7. The number of hydrogen-bond donors (Lipinski definition) is 0. The molecule has 0 N–H and O–H groups in total. The van der Waals surface area contributed by atoms with E-state index in [1.54, 1.807) is 0 Å². The van der Waals surface area contributed by atoms with Crippen LogP contribution in [0.5, 0.6) is 0 Å². The van der Waals surface area contributed by atoms with Crippen molar-refractivity contribution in [3.8, 4) is 0 Å². The van der Waals surface area contributed by atoms with Crippen LogP contribution >= 0.6 is 0 Å². The standard InChI is InChI=1S/C28H48O/c1-18(2)8-7-9-19(3)22-12-13-24-21-10-11-23-20(4)26(29)15-17-28(23,6)25(21)14-16-27(22,24)5/h18-25H,7-17H2,1-6H3/t19-,20?,21+,22-,23+,24+,25+,27-,28+/m1/s1. The van der Waals surface area contributed by atoms with Crippen LogP contribution in [-0.4, -0.2) is 5.78 Å². The number of fused-ring (bicyclic) bond motifs is 5. The van der Waals surface area contributed by atoms with Gasteiger partial charge in [0.25, 0.3) is 0 Å². The van der Waals surface area contributed by atoms with E-state index in [4.69, 9.17) is 0 Å². The van der Waals surface area contributed by atoms with Crippen molar-refractivity contribution in [3.63, 3.8) is 0 Å². The van der Waals surface area contributed by atoms with E-state index >= 15 is 0 Å². The summed E-state index contributed by atoms with van der Waals surface area (Å²) in [7, 11) is 0. The quantitative estimate of drug-likeness (QED) is 0.458. The Morgan fingerprint density at radius 1 is 0.862 bits per heavy atom. The molecule has 0 saturated heterocycles. The third-order valence-corrected chi connectivity index (χ3v) is 11.2. The van der Waals surface area contributed by atoms with Crippen LogP contribution in [-0.2, 0) is 4.79 Å². The second-order valence-corrected chi connectivity index (χ2v) is 12.9. The van der Waals surface area contributed by atoms with Gasteiger partial charge in [-0.05, 0) is 97.2 Å². The molecule has 29 heavy (non-hydrogen) atoms. The van der Waals surface area contributed by atoms with Gasteiger partial charge in [-0.1, -0.05) is 60.8 Å². The monoisotopic (exact) mass is 400 g/mol. The molecule has 0 aromatic carbocycles. The van der Waals surface area contributed by atoms with Crippen LogP contribution in [0, 0.1) is 58.2 Å². The minimum atomic E-state index is 0.320. The average molecular weight is 401 g/mol. The van der Waals surface area contributed by atoms with Crippen molar-refractivity contribution in [1.29, 1.82) is 0 Å². The van der Waals surface area contributed by atoms with Gasteiger partial charge in [0.1, 0.15) is 5.78 Å². The first kappa shape index (κ1) is 21.9. The van der Waals surface area contributed by atoms with Gasteiger partial charge in [-0.15, -0.1) is 0 Å². The van der Waals surface area contributed by atoms with Gasteiger partial charge in [-0.3, -0.25) is 4.79 Å². The fraction of sp³-hybridized carbons (Fsp3) is 0.964. The van der Waals surface area contributed by atoms with Gasteiger partial charge in [0.15, 0.2) is 0 Å². The summed E-state index contributed by atoms with van der Waals surface area (Å²) in [5, 5.41) is 0. The molecule has 0 bridgehead atoms. The van der Waals surface area contributed by atoms with Crippen molar-refractivity contribution in [2.75, 3.05) is 0 Å². The van der Waals surface area contributed by atoms with Crippen molar-refractivity contribution < 1.29 is 4.79 Å². The zero-order valence-electron chi connectivity index (χ0n) is 20.3. The lowest BCUT2D eigenvalue weighted by Crippen LogP contribution is -2.55. The van der Waals surface area contributed by atoms with Gasteiger partial charge in [0, 0.05) is 12.3 Å². The molecular formula is C28H48O. The molecule has 0 aromatic rings. The van der Waals surface area contributed by atoms with Crippen LogP contribution in [0.4, 0.5) is 0 Å². The summed E-state index contributed by atoms with van der Waals surface area (Å²) in [5.74, 6) is 7.06. The molecule has 4 aliphatic rings. The maximum Gasteiger partial charge on any atom is 0.136 e. The van der Waals surface area contributed by atoms with Crippen molar-refractivity contribution >= 4 is 5.78 Å². The molecular weight excluding hydrogens is 352 g/mol. The summed E-state index contributed by atoms with van der Waals surface area (Å²) in [6, 6.07) is 0. The van der Waals surface area contributed by atoms with E-state index in [1.807, 2.05) is 0 Å². The Kier molecular flexibility index (Phi) is 6.02. The van der Waals surface area contributed by atoms with Crippen molar-refractivity contribution in [1.82, 2.24) is 0 Å². The number of carbonyl (C=O) groups excluding carboxylic acids is 1. The van der Waals surface area contributed by atoms with Crippen LogP contribution in [0.3, 0.4) is 0 Å². The molecule has 0 spiro atoms. The van der Waals surface area contributed by atoms with Gasteiger partial charge in [0.05, 0.1) is 0 Å². The van der Waals surface area contributed by atoms with E-state index in [0.717, 1.165) is 41.9 Å². The summed E-state index contributed by atoms with van der Waals surface area (Å²) in [6.45, 7) is 14.9. The number of rotatable bonds is 5. The number of Topliss-reactive ketones (excluding diaryl/α,β-unsaturated/α-hetero) is 1. The van der Waals surface area contributed by atoms with Gasteiger partial charge in [0.2, 0.25) is 0 Å². The Morgan fingerprint density at radius 2 is 1.55 bits per heavy atom. The smallest absolute Gasteiger partial charge is 0.136 e. The number of ketones is 1. The molecule has 4 rings (SSSR count). The van der Waals surface area contributed by atoms with Crippen LogP contribution < -0.4 is 0 Å². The highest BCUT2D eigenvalue weighted by Gasteiger charge is 2.61. The summed E-state index contributed by atoms with van der Waals surface area (Å²) in [5.41, 5.74) is 1.04. The molecule has 4 aliphatic carbocycles. The second-order valence-electron chi connectivity index (χ2n) is 12.9. The van der Waals surface area contributed by atoms with Gasteiger partial charge in [-0.25, -0.2) is 0 Å². The molecule has 1 unspecified atom stereocenters. The van der Waals surface area contributed by atoms with E-state index in [1.165, 1.54) is 64.2 Å². The Morgan fingerprint density at radius 3 is 2.28 bits per heavy atom. The number of hydrogen-bond acceptors (Lipinski definition) is 1. The van der Waals surface area contributed by atoms with Crippen molar-refractivity contribution in [2.45, 2.75) is 112 Å². The molecule has 0 aliphatic heterocycles. The minimum absolute atomic E-state index is 0.320. The van der Waals surface area contributed by atoms with E-state index in [-0.39, 0.29) is 0 Å². The summed E-state index contributed by atoms with van der Waals surface area (Å²) >= 11 is 0. The van der Waals surface area contributed by atoms with Crippen LogP contribution in [0.15, 0.2) is 0 Å². The fourth-order valence-corrected chi connectivity index (χ4v) is 9.55. The molecule has 0 radical (unpaired) electrons. The summed E-state index contributed by atoms with van der Waals surface area (Å²) in [6.07, 6.45) is 14.9. The van der Waals surface area contributed by atoms with Crippen molar-refractivity contribution in [3.05, 3.63) is 0 Å². The van der Waals surface area contributed by atoms with Crippen LogP contribution in [0.2, 0.25) is 0 Å². The highest BCUT2D eigenvalue weighted by atomic mass is 16.1. The predicted octanol–water partition coefficient (Wildman–Crippen LogP) is 7.92. The zero-order valence-corrected chi connectivity index (χ0v) is 20.3. The van der Waals surface area contributed by atoms with Crippen LogP contribution in [0.25, 0.3) is 0 Å². The Balaban J connectivity index is 1.48. The summed E-state index contributed by atoms with van der Waals surface area (Å²) < 4.78 is 0. The molecule has 1 heteroatoms. The first-order valence-electron chi connectivity index (χ1n) is 13.2. The predicted molar refractivity (Wildman–Crippen MR) is 123 cm³/mol. The Bertz CT molecular complexity index is 607. The molecule has 0 amide bonds. The largest absolute Gasteiger partial charge is 0.299 e. The first-order valence-corrected chi connectivity index (χ1v) is 13.2. The Labute approximate surface area is 181 Å². The molecule has 0 aromatic heterocycles. The summed E-state index contributed by atoms with van der Waals surface area (Å²) in [4.78, 5) is 12.4. The average Bonchev–Trinajstić information content (AvgIpc) is 3.02. The van der Waals surface area contributed by atoms with Gasteiger partial charge < -0.3 is 0 Å². The SMILES string of the molecule is CC(C)CCC[C@@H](C)[C@H]1CC[C@H]2[C@@H]3CC[C@H]4C(C)C(=O)CC[C@]4(C)[C@H]3CC[C@]12C. The minimum Gasteiger partial charge on any atom is -0.299 e. The molecule has 4 fully saturated rings. The highest BCUT2D eigenvalue weighted by molar-refractivity contribution is 5.82. The molecule has 0 heterocycles. The van der Waals surface area contributed by atoms with E-state index < -0.39 is 0 Å². The molecule has 4 saturated carbocycles. The molecule has 166 valence electrons. The molecule has 1 nitrogen and oxygen atoms in total. The molecule has 9 atom stereocenters. The third-order valence-electron chi connectivity index (χ3n) is 11.2. The van der Waals surface area contributed by atoms with Crippen molar-refractivity contribution in [2.24, 2.45) is 58.2 Å². The lowest BCUT2D eigenvalue weighted by Gasteiger charge is -2.61. The highest BCUT2D eigenvalue weighted by Crippen LogP contribution is 2.68.